The standard InChI is InChI=1S/C33H33N7O4.C32H31N7O4.C30H29N7O4/c1-37(29(41)15-8-20-40(2,43)26-11-7-12-26)24-9-6-10-25(21-24)39-32-30(31(34)35-22-36-32)38(33(39)42)23-16-18-28(19-17-23)44-27-13-4-3-5-14-27;1-36(28(40)12-7-19-39(2,42)25-15-16-25)23-8-6-9-24(20-23)38-31-29(30(33)34-21-35-31)37(32(38)41)22-13-17-27(18-14-22)43-26-10-4-3-5-11-26;1-34(26(38)13-8-18-37(2,3)40)22-9-7-10-23(19-22)36-29-27(28(31)32-20-33-29)35(30(36)39)21-14-16-25(17-15-21)41-24-11-5-4-6-12-24/h3-6,8-10,13-19,21-22,26H,7,11-12,20H2,1-2H3,(H2,34,35,36);3-14,17-18,20-21,25H,15-16,19H2,1-2H3,(H2,33,34,35);4-17,19-20H,18H2,1-3H3,(H2,31,32,33)/b15-8+;12-7+;13-8+. The fourth-order valence-electron chi connectivity index (χ4n) is 14.6. The second-order valence-corrected chi connectivity index (χ2v) is 31.6. The molecule has 6 heterocycles. The summed E-state index contributed by atoms with van der Waals surface area (Å²) in [5.41, 5.74) is 24.4. The van der Waals surface area contributed by atoms with Crippen molar-refractivity contribution >= 4 is 85.7 Å². The number of nitrogen functional groups attached to an aromatic ring is 3. The van der Waals surface area contributed by atoms with E-state index in [0.717, 1.165) is 32.1 Å². The molecule has 2 fully saturated rings. The molecule has 0 bridgehead atoms. The predicted molar refractivity (Wildman–Crippen MR) is 494 cm³/mol. The maximum atomic E-state index is 14.0. The van der Waals surface area contributed by atoms with Gasteiger partial charge in [0.05, 0.1) is 94.0 Å². The van der Waals surface area contributed by atoms with E-state index in [1.165, 1.54) is 93.4 Å². The minimum Gasteiger partial charge on any atom is -0.633 e. The van der Waals surface area contributed by atoms with Crippen LogP contribution in [0.4, 0.5) is 34.5 Å². The molecule has 9 aromatic carbocycles. The summed E-state index contributed by atoms with van der Waals surface area (Å²) in [6.07, 6.45) is 17.7. The normalized spacial score (nSPS) is 13.7. The van der Waals surface area contributed by atoms with Gasteiger partial charge in [0, 0.05) is 69.3 Å². The smallest absolute Gasteiger partial charge is 0.339 e. The van der Waals surface area contributed by atoms with Crippen LogP contribution in [-0.2, 0) is 14.4 Å². The molecule has 6 aromatic heterocycles. The minimum absolute atomic E-state index is 0.100. The van der Waals surface area contributed by atoms with Crippen LogP contribution in [0.1, 0.15) is 32.1 Å². The Balaban J connectivity index is 0.000000148. The number of nitrogens with two attached hydrogens (primary N) is 3. The number of quaternary nitrogens is 3. The number of carbonyl (C=O) groups excluding carboxylic acids is 3. The summed E-state index contributed by atoms with van der Waals surface area (Å²) in [5.74, 6) is 3.47. The zero-order valence-electron chi connectivity index (χ0n) is 71.2. The molecule has 2 atom stereocenters. The molecule has 17 rings (SSSR count). The number of aromatic nitrogens is 12. The van der Waals surface area contributed by atoms with E-state index in [-0.39, 0.29) is 76.2 Å². The van der Waals surface area contributed by atoms with Gasteiger partial charge < -0.3 is 75.7 Å². The fraction of sp³-hybridized carbons (Fsp3) is 0.179. The van der Waals surface area contributed by atoms with Gasteiger partial charge in [-0.05, 0) is 201 Å². The van der Waals surface area contributed by atoms with Crippen LogP contribution in [0.5, 0.6) is 34.5 Å². The van der Waals surface area contributed by atoms with Gasteiger partial charge in [-0.3, -0.25) is 28.1 Å². The van der Waals surface area contributed by atoms with E-state index < -0.39 is 21.7 Å². The van der Waals surface area contributed by atoms with Crippen LogP contribution in [0.2, 0.25) is 0 Å². The number of rotatable bonds is 26. The number of fused-ring (bicyclic) bond motifs is 3. The molecule has 33 nitrogen and oxygen atoms in total. The molecule has 0 saturated heterocycles. The van der Waals surface area contributed by atoms with Gasteiger partial charge in [-0.1, -0.05) is 72.8 Å². The number of anilines is 6. The van der Waals surface area contributed by atoms with Crippen molar-refractivity contribution < 1.29 is 42.5 Å². The molecule has 650 valence electrons. The SMILES string of the molecule is CN(C(=O)/C=C/C[N+](C)(C)[O-])c1cccc(-n2c(=O)n(-c3ccc(Oc4ccccc4)cc3)c3c(N)ncnc32)c1.CN(C(=O)/C=C/C[N+](C)([O-])C1CC1)c1cccc(-n2c(=O)n(-c3ccc(Oc4ccccc4)cc3)c3c(N)ncnc32)c1.CN(C(=O)/C=C/C[N+](C)([O-])C1CCC1)c1cccc(-n2c(=O)n(-c3ccc(Oc4ccccc4)cc3)c3c(N)ncnc32)c1. The van der Waals surface area contributed by atoms with Crippen LogP contribution in [-0.4, -0.2) is 170 Å². The van der Waals surface area contributed by atoms with Gasteiger partial charge in [-0.15, -0.1) is 0 Å². The Labute approximate surface area is 734 Å². The maximum absolute atomic E-state index is 14.0. The number of para-hydroxylation sites is 3. The zero-order chi connectivity index (χ0) is 90.1. The first-order valence-corrected chi connectivity index (χ1v) is 41.1. The third-order valence-corrected chi connectivity index (χ3v) is 22.0. The van der Waals surface area contributed by atoms with Crippen LogP contribution in [0.15, 0.2) is 306 Å². The molecule has 3 amide bonds. The van der Waals surface area contributed by atoms with E-state index in [0.29, 0.717) is 119 Å². The van der Waals surface area contributed by atoms with Gasteiger partial charge in [-0.2, -0.15) is 0 Å². The summed E-state index contributed by atoms with van der Waals surface area (Å²) in [4.78, 5) is 110. The van der Waals surface area contributed by atoms with Crippen molar-refractivity contribution in [1.29, 1.82) is 0 Å². The van der Waals surface area contributed by atoms with Crippen LogP contribution in [0.3, 0.4) is 0 Å². The Kier molecular flexibility index (Phi) is 25.4. The number of hydroxylamine groups is 9. The van der Waals surface area contributed by atoms with Crippen molar-refractivity contribution in [3.05, 3.63) is 339 Å². The van der Waals surface area contributed by atoms with E-state index in [2.05, 4.69) is 29.9 Å². The summed E-state index contributed by atoms with van der Waals surface area (Å²) in [6.45, 7) is 0.633. The monoisotopic (exact) mass is 1720 g/mol. The number of hydrogen-bond acceptors (Lipinski definition) is 21. The molecule has 2 unspecified atom stereocenters. The molecule has 15 aromatic rings. The quantitative estimate of drug-likeness (QED) is 0.0257. The second kappa shape index (κ2) is 37.3. The number of imidazole rings is 3. The maximum Gasteiger partial charge on any atom is 0.339 e. The summed E-state index contributed by atoms with van der Waals surface area (Å²) in [5, 5.41) is 37.1. The molecule has 128 heavy (non-hydrogen) atoms. The molecule has 0 spiro atoms. The summed E-state index contributed by atoms with van der Waals surface area (Å²) in [7, 11) is 11.2. The first-order chi connectivity index (χ1) is 61.6. The van der Waals surface area contributed by atoms with Crippen LogP contribution < -0.4 is 63.2 Å². The molecule has 2 aliphatic carbocycles. The highest BCUT2D eigenvalue weighted by Crippen LogP contribution is 2.35. The van der Waals surface area contributed by atoms with Crippen molar-refractivity contribution in [2.45, 2.75) is 44.2 Å². The molecular formula is C95H93N21O12. The highest BCUT2D eigenvalue weighted by molar-refractivity contribution is 6.03. The molecule has 0 radical (unpaired) electrons. The Bertz CT molecular complexity index is 6850. The van der Waals surface area contributed by atoms with Crippen molar-refractivity contribution in [3.63, 3.8) is 0 Å². The molecule has 2 saturated carbocycles. The average Bonchev–Trinajstić information content (AvgIpc) is 1.60. The fourth-order valence-corrected chi connectivity index (χ4v) is 14.6. The Morgan fingerprint density at radius 3 is 0.898 bits per heavy atom. The highest BCUT2D eigenvalue weighted by Gasteiger charge is 2.35. The van der Waals surface area contributed by atoms with Gasteiger partial charge in [0.25, 0.3) is 17.7 Å². The third kappa shape index (κ3) is 19.4. The van der Waals surface area contributed by atoms with E-state index >= 15 is 0 Å². The lowest BCUT2D eigenvalue weighted by atomic mass is 9.91. The number of benzene rings is 9. The van der Waals surface area contributed by atoms with Gasteiger partial charge in [0.15, 0.2) is 34.4 Å². The van der Waals surface area contributed by atoms with Crippen molar-refractivity contribution in [2.24, 2.45) is 0 Å². The molecule has 6 N–H and O–H groups in total. The van der Waals surface area contributed by atoms with E-state index in [1.54, 1.807) is 199 Å². The molecule has 2 aliphatic rings. The first-order valence-electron chi connectivity index (χ1n) is 41.1. The first kappa shape index (κ1) is 87.1. The average molecular weight is 1720 g/mol. The number of hydrogen-bond donors (Lipinski definition) is 3. The van der Waals surface area contributed by atoms with Crippen LogP contribution >= 0.6 is 0 Å². The van der Waals surface area contributed by atoms with Crippen molar-refractivity contribution in [2.75, 3.05) is 101 Å². The highest BCUT2D eigenvalue weighted by atomic mass is 16.6. The van der Waals surface area contributed by atoms with Crippen molar-refractivity contribution in [1.82, 2.24) is 57.3 Å². The second-order valence-electron chi connectivity index (χ2n) is 31.6. The van der Waals surface area contributed by atoms with Crippen molar-refractivity contribution in [3.8, 4) is 68.6 Å². The number of nitrogens with zero attached hydrogens (tertiary/aromatic N) is 18. The lowest BCUT2D eigenvalue weighted by Crippen LogP contribution is -2.50. The van der Waals surface area contributed by atoms with Gasteiger partial charge in [0.2, 0.25) is 0 Å². The predicted octanol–water partition coefficient (Wildman–Crippen LogP) is 13.6. The van der Waals surface area contributed by atoms with Gasteiger partial charge >= 0.3 is 17.1 Å². The van der Waals surface area contributed by atoms with E-state index in [9.17, 15) is 44.4 Å². The van der Waals surface area contributed by atoms with Crippen LogP contribution in [0.25, 0.3) is 67.6 Å². The topological polar surface area (TPSA) is 394 Å². The molecule has 0 aliphatic heterocycles. The number of ether oxygens (including phenoxy) is 3. The van der Waals surface area contributed by atoms with Gasteiger partial charge in [0.1, 0.15) is 70.0 Å². The molecular weight excluding hydrogens is 1630 g/mol. The summed E-state index contributed by atoms with van der Waals surface area (Å²) in [6, 6.07) is 70.6. The summed E-state index contributed by atoms with van der Waals surface area (Å²) >= 11 is 0. The number of likely N-dealkylation sites (N-methyl/N-ethyl adjacent to an activating group) is 6. The van der Waals surface area contributed by atoms with E-state index in [1.807, 2.05) is 91.0 Å². The Morgan fingerprint density at radius 1 is 0.359 bits per heavy atom. The number of carbonyl (C=O) groups is 3. The lowest BCUT2D eigenvalue weighted by molar-refractivity contribution is -0.886. The zero-order valence-corrected chi connectivity index (χ0v) is 71.2. The largest absolute Gasteiger partial charge is 0.633 e. The van der Waals surface area contributed by atoms with Gasteiger partial charge in [-0.25, -0.2) is 58.0 Å². The number of amides is 3. The Hall–Kier alpha value is -15.8. The minimum atomic E-state index is -0.538. The Morgan fingerprint density at radius 2 is 0.633 bits per heavy atom. The molecule has 33 heteroatoms. The summed E-state index contributed by atoms with van der Waals surface area (Å²) < 4.78 is 25.1. The van der Waals surface area contributed by atoms with Crippen LogP contribution in [0, 0.1) is 15.6 Å². The lowest BCUT2D eigenvalue weighted by Gasteiger charge is -2.48. The third-order valence-electron chi connectivity index (χ3n) is 22.0. The van der Waals surface area contributed by atoms with E-state index in [4.69, 9.17) is 31.4 Å².